The van der Waals surface area contributed by atoms with Crippen LogP contribution in [0, 0.1) is 0 Å². The van der Waals surface area contributed by atoms with Gasteiger partial charge in [-0.05, 0) is 23.8 Å². The normalized spacial score (nSPS) is 11.7. The summed E-state index contributed by atoms with van der Waals surface area (Å²) >= 11 is 0. The summed E-state index contributed by atoms with van der Waals surface area (Å²) < 4.78 is 22.5. The molecule has 22 heavy (non-hydrogen) atoms. The molecule has 6 nitrogen and oxygen atoms in total. The molecule has 1 heterocycles. The fraction of sp³-hybridized carbons (Fsp3) is 0.0667. The number of H-pyrrole nitrogens is 1. The Kier molecular flexibility index (Phi) is 3.51. The number of nitrogens with two attached hydrogens (primary N) is 1. The van der Waals surface area contributed by atoms with Gasteiger partial charge in [-0.15, -0.1) is 0 Å². The number of benzene rings is 2. The number of aromatic amines is 1. The molecule has 0 bridgehead atoms. The minimum absolute atomic E-state index is 0.0653. The van der Waals surface area contributed by atoms with Gasteiger partial charge in [0.25, 0.3) is 5.56 Å². The number of sulfonamides is 1. The molecule has 0 saturated heterocycles. The number of nitrogens with zero attached hydrogens (tertiary/aromatic N) is 1. The first-order valence-corrected chi connectivity index (χ1v) is 8.08. The highest BCUT2D eigenvalue weighted by Crippen LogP contribution is 2.17. The summed E-state index contributed by atoms with van der Waals surface area (Å²) in [5.41, 5.74) is 1.36. The summed E-state index contributed by atoms with van der Waals surface area (Å²) in [7, 11) is -3.70. The molecule has 1 aromatic heterocycles. The summed E-state index contributed by atoms with van der Waals surface area (Å²) in [4.78, 5) is 11.8. The Bertz CT molecular complexity index is 992. The molecule has 3 rings (SSSR count). The second-order valence-corrected chi connectivity index (χ2v) is 6.47. The summed E-state index contributed by atoms with van der Waals surface area (Å²) in [6.07, 6.45) is 0.474. The van der Waals surface area contributed by atoms with E-state index in [1.54, 1.807) is 24.3 Å². The molecule has 7 heteroatoms. The number of nitrogens with one attached hydrogen (secondary N) is 1. The van der Waals surface area contributed by atoms with Crippen LogP contribution in [0.5, 0.6) is 0 Å². The van der Waals surface area contributed by atoms with Gasteiger partial charge in [0, 0.05) is 11.8 Å². The Morgan fingerprint density at radius 2 is 1.64 bits per heavy atom. The third-order valence-electron chi connectivity index (χ3n) is 3.40. The third kappa shape index (κ3) is 2.76. The minimum atomic E-state index is -3.70. The topological polar surface area (TPSA) is 106 Å². The van der Waals surface area contributed by atoms with Crippen molar-refractivity contribution in [3.05, 3.63) is 70.1 Å². The third-order valence-corrected chi connectivity index (χ3v) is 4.33. The second-order valence-electron chi connectivity index (χ2n) is 4.91. The largest absolute Gasteiger partial charge is 0.272 e. The average molecular weight is 315 g/mol. The lowest BCUT2D eigenvalue weighted by molar-refractivity contribution is 0.598. The van der Waals surface area contributed by atoms with Crippen LogP contribution in [-0.4, -0.2) is 18.6 Å². The molecule has 0 aliphatic rings. The molecule has 0 aliphatic carbocycles. The number of fused-ring (bicyclic) bond motifs is 1. The van der Waals surface area contributed by atoms with E-state index in [1.807, 2.05) is 12.1 Å². The zero-order chi connectivity index (χ0) is 15.7. The molecule has 0 fully saturated rings. The Morgan fingerprint density at radius 1 is 1.00 bits per heavy atom. The van der Waals surface area contributed by atoms with Crippen molar-refractivity contribution >= 4 is 20.8 Å². The molecule has 0 spiro atoms. The highest BCUT2D eigenvalue weighted by molar-refractivity contribution is 7.89. The Balaban J connectivity index is 2.01. The maximum atomic E-state index is 11.7. The Labute approximate surface area is 126 Å². The van der Waals surface area contributed by atoms with E-state index in [1.165, 1.54) is 12.1 Å². The van der Waals surface area contributed by atoms with Crippen LogP contribution >= 0.6 is 0 Å². The standard InChI is InChI=1S/C15H13N3O3S/c16-22(20,21)11-7-5-10(6-8-11)9-14-12-3-1-2-4-13(12)15(19)18-17-14/h1-8H,9H2,(H,18,19)(H2,16,20,21). The maximum absolute atomic E-state index is 11.7. The van der Waals surface area contributed by atoms with Crippen molar-refractivity contribution in [2.24, 2.45) is 5.14 Å². The number of aromatic nitrogens is 2. The van der Waals surface area contributed by atoms with E-state index < -0.39 is 10.0 Å². The predicted molar refractivity (Wildman–Crippen MR) is 83.0 cm³/mol. The van der Waals surface area contributed by atoms with Crippen molar-refractivity contribution < 1.29 is 8.42 Å². The lowest BCUT2D eigenvalue weighted by atomic mass is 10.0. The van der Waals surface area contributed by atoms with E-state index in [-0.39, 0.29) is 10.5 Å². The Morgan fingerprint density at radius 3 is 2.27 bits per heavy atom. The highest BCUT2D eigenvalue weighted by Gasteiger charge is 2.09. The fourth-order valence-electron chi connectivity index (χ4n) is 2.30. The van der Waals surface area contributed by atoms with Gasteiger partial charge in [0.05, 0.1) is 16.0 Å². The SMILES string of the molecule is NS(=O)(=O)c1ccc(Cc2n[nH]c(=O)c3ccccc23)cc1. The molecule has 112 valence electrons. The van der Waals surface area contributed by atoms with Crippen molar-refractivity contribution in [2.75, 3.05) is 0 Å². The van der Waals surface area contributed by atoms with Crippen LogP contribution in [0.2, 0.25) is 0 Å². The Hall–Kier alpha value is -2.51. The van der Waals surface area contributed by atoms with Gasteiger partial charge in [0.15, 0.2) is 0 Å². The molecule has 0 saturated carbocycles. The number of rotatable bonds is 3. The van der Waals surface area contributed by atoms with Gasteiger partial charge in [-0.2, -0.15) is 5.10 Å². The van der Waals surface area contributed by atoms with Crippen LogP contribution in [0.25, 0.3) is 10.8 Å². The van der Waals surface area contributed by atoms with Gasteiger partial charge in [0.2, 0.25) is 10.0 Å². The van der Waals surface area contributed by atoms with E-state index >= 15 is 0 Å². The van der Waals surface area contributed by atoms with E-state index in [4.69, 9.17) is 5.14 Å². The van der Waals surface area contributed by atoms with Crippen molar-refractivity contribution in [1.29, 1.82) is 0 Å². The molecule has 0 atom stereocenters. The van der Waals surface area contributed by atoms with Crippen LogP contribution in [0.15, 0.2) is 58.2 Å². The van der Waals surface area contributed by atoms with Gasteiger partial charge in [-0.3, -0.25) is 4.79 Å². The zero-order valence-corrected chi connectivity index (χ0v) is 12.3. The highest BCUT2D eigenvalue weighted by atomic mass is 32.2. The van der Waals surface area contributed by atoms with Gasteiger partial charge >= 0.3 is 0 Å². The van der Waals surface area contributed by atoms with Crippen LogP contribution in [0.4, 0.5) is 0 Å². The predicted octanol–water partition coefficient (Wildman–Crippen LogP) is 1.16. The van der Waals surface area contributed by atoms with Crippen LogP contribution in [-0.2, 0) is 16.4 Å². The van der Waals surface area contributed by atoms with Crippen molar-refractivity contribution in [2.45, 2.75) is 11.3 Å². The van der Waals surface area contributed by atoms with Crippen molar-refractivity contribution in [1.82, 2.24) is 10.2 Å². The number of hydrogen-bond acceptors (Lipinski definition) is 4. The zero-order valence-electron chi connectivity index (χ0n) is 11.5. The van der Waals surface area contributed by atoms with Crippen molar-refractivity contribution in [3.63, 3.8) is 0 Å². The van der Waals surface area contributed by atoms with Crippen LogP contribution in [0.3, 0.4) is 0 Å². The molecule has 0 radical (unpaired) electrons. The van der Waals surface area contributed by atoms with Gasteiger partial charge in [-0.25, -0.2) is 18.7 Å². The van der Waals surface area contributed by atoms with Gasteiger partial charge in [0.1, 0.15) is 0 Å². The summed E-state index contributed by atoms with van der Waals surface area (Å²) in [5.74, 6) is 0. The molecule has 3 N–H and O–H groups in total. The molecular weight excluding hydrogens is 302 g/mol. The van der Waals surface area contributed by atoms with Crippen LogP contribution in [0.1, 0.15) is 11.3 Å². The summed E-state index contributed by atoms with van der Waals surface area (Å²) in [6.45, 7) is 0. The maximum Gasteiger partial charge on any atom is 0.272 e. The molecule has 0 amide bonds. The number of primary sulfonamides is 1. The minimum Gasteiger partial charge on any atom is -0.267 e. The first-order valence-electron chi connectivity index (χ1n) is 6.53. The molecule has 0 unspecified atom stereocenters. The quantitative estimate of drug-likeness (QED) is 0.756. The first kappa shape index (κ1) is 14.4. The summed E-state index contributed by atoms with van der Waals surface area (Å²) in [6, 6.07) is 13.5. The second kappa shape index (κ2) is 5.36. The van der Waals surface area contributed by atoms with Gasteiger partial charge in [-0.1, -0.05) is 30.3 Å². The van der Waals surface area contributed by atoms with E-state index in [9.17, 15) is 13.2 Å². The molecule has 3 aromatic rings. The van der Waals surface area contributed by atoms with Crippen molar-refractivity contribution in [3.8, 4) is 0 Å². The lowest BCUT2D eigenvalue weighted by Gasteiger charge is -2.06. The van der Waals surface area contributed by atoms with Gasteiger partial charge < -0.3 is 0 Å². The van der Waals surface area contributed by atoms with E-state index in [0.29, 0.717) is 11.8 Å². The monoisotopic (exact) mass is 315 g/mol. The van der Waals surface area contributed by atoms with E-state index in [2.05, 4.69) is 10.2 Å². The molecular formula is C15H13N3O3S. The fourth-order valence-corrected chi connectivity index (χ4v) is 2.81. The lowest BCUT2D eigenvalue weighted by Crippen LogP contribution is -2.12. The smallest absolute Gasteiger partial charge is 0.267 e. The first-order chi connectivity index (χ1) is 10.4. The van der Waals surface area contributed by atoms with E-state index in [0.717, 1.165) is 16.6 Å². The molecule has 2 aromatic carbocycles. The summed E-state index contributed by atoms with van der Waals surface area (Å²) in [5, 5.41) is 13.0. The average Bonchev–Trinajstić information content (AvgIpc) is 2.50. The van der Waals surface area contributed by atoms with Crippen LogP contribution < -0.4 is 10.7 Å². The molecule has 0 aliphatic heterocycles. The number of hydrogen-bond donors (Lipinski definition) is 2.